The minimum atomic E-state index is 0. The number of halogens is 2. The third kappa shape index (κ3) is 9.02. The standard InChI is InChI=1S/C18H26N4O.2ClH/c1-3-22(4-2)13-7-10-19-15-16-8-5-9-17(14-16)23-18-20-11-6-12-21-18;;/h5-6,8-9,11-12,14,19H,3-4,7,10,13,15H2,1-2H3;2*1H. The fourth-order valence-electron chi connectivity index (χ4n) is 2.36. The molecule has 0 radical (unpaired) electrons. The van der Waals surface area contributed by atoms with Crippen molar-refractivity contribution in [2.24, 2.45) is 0 Å². The number of nitrogens with zero attached hydrogens (tertiary/aromatic N) is 3. The first-order valence-corrected chi connectivity index (χ1v) is 8.28. The van der Waals surface area contributed by atoms with Crippen LogP contribution in [0.5, 0.6) is 11.8 Å². The number of nitrogens with one attached hydrogen (secondary N) is 1. The molecule has 0 saturated carbocycles. The molecule has 0 spiro atoms. The summed E-state index contributed by atoms with van der Waals surface area (Å²) in [6.45, 7) is 9.66. The van der Waals surface area contributed by atoms with Crippen molar-refractivity contribution in [1.29, 1.82) is 0 Å². The summed E-state index contributed by atoms with van der Waals surface area (Å²) in [4.78, 5) is 10.6. The maximum absolute atomic E-state index is 5.65. The Morgan fingerprint density at radius 2 is 1.76 bits per heavy atom. The molecule has 140 valence electrons. The zero-order chi connectivity index (χ0) is 16.3. The van der Waals surface area contributed by atoms with Gasteiger partial charge < -0.3 is 15.0 Å². The Kier molecular flexibility index (Phi) is 13.1. The van der Waals surface area contributed by atoms with E-state index in [9.17, 15) is 0 Å². The van der Waals surface area contributed by atoms with E-state index in [1.807, 2.05) is 18.2 Å². The third-order valence-corrected chi connectivity index (χ3v) is 3.70. The van der Waals surface area contributed by atoms with Crippen LogP contribution in [0, 0.1) is 0 Å². The molecular formula is C18H28Cl2N4O. The van der Waals surface area contributed by atoms with Crippen molar-refractivity contribution in [3.63, 3.8) is 0 Å². The highest BCUT2D eigenvalue weighted by Gasteiger charge is 2.01. The van der Waals surface area contributed by atoms with Crippen molar-refractivity contribution < 1.29 is 4.74 Å². The molecule has 1 heterocycles. The first kappa shape index (κ1) is 23.6. The van der Waals surface area contributed by atoms with E-state index in [4.69, 9.17) is 4.74 Å². The number of hydrogen-bond donors (Lipinski definition) is 1. The summed E-state index contributed by atoms with van der Waals surface area (Å²) in [5, 5.41) is 3.48. The van der Waals surface area contributed by atoms with Crippen molar-refractivity contribution in [3.05, 3.63) is 48.3 Å². The highest BCUT2D eigenvalue weighted by atomic mass is 35.5. The fraction of sp³-hybridized carbons (Fsp3) is 0.444. The molecule has 0 aliphatic carbocycles. The maximum Gasteiger partial charge on any atom is 0.321 e. The van der Waals surface area contributed by atoms with E-state index in [1.54, 1.807) is 18.5 Å². The second-order valence-electron chi connectivity index (χ2n) is 5.34. The number of ether oxygens (including phenoxy) is 1. The van der Waals surface area contributed by atoms with Crippen LogP contribution < -0.4 is 10.1 Å². The first-order valence-electron chi connectivity index (χ1n) is 8.28. The predicted octanol–water partition coefficient (Wildman–Crippen LogP) is 3.93. The van der Waals surface area contributed by atoms with Crippen molar-refractivity contribution in [2.75, 3.05) is 26.2 Å². The molecular weight excluding hydrogens is 359 g/mol. The SMILES string of the molecule is CCN(CC)CCCNCc1cccc(Oc2ncccn2)c1.Cl.Cl. The highest BCUT2D eigenvalue weighted by Crippen LogP contribution is 2.18. The van der Waals surface area contributed by atoms with Crippen molar-refractivity contribution in [3.8, 4) is 11.8 Å². The van der Waals surface area contributed by atoms with Crippen LogP contribution in [0.3, 0.4) is 0 Å². The lowest BCUT2D eigenvalue weighted by molar-refractivity contribution is 0.298. The molecule has 25 heavy (non-hydrogen) atoms. The Morgan fingerprint density at radius 1 is 1.04 bits per heavy atom. The average molecular weight is 387 g/mol. The largest absolute Gasteiger partial charge is 0.424 e. The Balaban J connectivity index is 0.00000288. The topological polar surface area (TPSA) is 50.3 Å². The van der Waals surface area contributed by atoms with Crippen LogP contribution in [0.25, 0.3) is 0 Å². The summed E-state index contributed by atoms with van der Waals surface area (Å²) >= 11 is 0. The van der Waals surface area contributed by atoms with Crippen LogP contribution >= 0.6 is 24.8 Å². The molecule has 0 saturated heterocycles. The van der Waals surface area contributed by atoms with E-state index in [1.165, 1.54) is 5.56 Å². The molecule has 0 bridgehead atoms. The van der Waals surface area contributed by atoms with Gasteiger partial charge in [0, 0.05) is 18.9 Å². The monoisotopic (exact) mass is 386 g/mol. The average Bonchev–Trinajstić information content (AvgIpc) is 2.59. The van der Waals surface area contributed by atoms with E-state index >= 15 is 0 Å². The summed E-state index contributed by atoms with van der Waals surface area (Å²) in [6.07, 6.45) is 4.50. The molecule has 1 N–H and O–H groups in total. The molecule has 5 nitrogen and oxygen atoms in total. The third-order valence-electron chi connectivity index (χ3n) is 3.70. The molecule has 0 atom stereocenters. The van der Waals surface area contributed by atoms with Crippen LogP contribution in [-0.2, 0) is 6.54 Å². The van der Waals surface area contributed by atoms with E-state index < -0.39 is 0 Å². The second kappa shape index (κ2) is 13.8. The molecule has 0 aliphatic heterocycles. The molecule has 2 rings (SSSR count). The predicted molar refractivity (Wildman–Crippen MR) is 107 cm³/mol. The van der Waals surface area contributed by atoms with Crippen LogP contribution in [0.15, 0.2) is 42.7 Å². The van der Waals surface area contributed by atoms with Gasteiger partial charge in [0.1, 0.15) is 5.75 Å². The van der Waals surface area contributed by atoms with Crippen LogP contribution in [0.1, 0.15) is 25.8 Å². The first-order chi connectivity index (χ1) is 11.3. The van der Waals surface area contributed by atoms with Gasteiger partial charge in [-0.2, -0.15) is 0 Å². The van der Waals surface area contributed by atoms with Crippen LogP contribution in [0.2, 0.25) is 0 Å². The maximum atomic E-state index is 5.65. The molecule has 1 aromatic heterocycles. The zero-order valence-electron chi connectivity index (χ0n) is 14.9. The smallest absolute Gasteiger partial charge is 0.321 e. The lowest BCUT2D eigenvalue weighted by Crippen LogP contribution is -2.27. The zero-order valence-corrected chi connectivity index (χ0v) is 16.5. The van der Waals surface area contributed by atoms with Gasteiger partial charge in [0.15, 0.2) is 0 Å². The van der Waals surface area contributed by atoms with Gasteiger partial charge in [-0.05, 0) is 56.4 Å². The van der Waals surface area contributed by atoms with E-state index in [0.717, 1.165) is 44.9 Å². The van der Waals surface area contributed by atoms with Gasteiger partial charge in [-0.1, -0.05) is 26.0 Å². The molecule has 1 aromatic carbocycles. The van der Waals surface area contributed by atoms with Crippen molar-refractivity contribution >= 4 is 24.8 Å². The minimum Gasteiger partial charge on any atom is -0.424 e. The van der Waals surface area contributed by atoms with Gasteiger partial charge in [0.05, 0.1) is 0 Å². The molecule has 7 heteroatoms. The Bertz CT molecular complexity index is 568. The van der Waals surface area contributed by atoms with E-state index in [-0.39, 0.29) is 24.8 Å². The van der Waals surface area contributed by atoms with Gasteiger partial charge in [-0.3, -0.25) is 0 Å². The summed E-state index contributed by atoms with van der Waals surface area (Å²) in [6, 6.07) is 10.2. The van der Waals surface area contributed by atoms with E-state index in [0.29, 0.717) is 6.01 Å². The van der Waals surface area contributed by atoms with Gasteiger partial charge in [-0.25, -0.2) is 9.97 Å². The fourth-order valence-corrected chi connectivity index (χ4v) is 2.36. The summed E-state index contributed by atoms with van der Waals surface area (Å²) < 4.78 is 5.65. The summed E-state index contributed by atoms with van der Waals surface area (Å²) in [5.74, 6) is 0.763. The van der Waals surface area contributed by atoms with Gasteiger partial charge in [0.2, 0.25) is 0 Å². The van der Waals surface area contributed by atoms with Crippen LogP contribution in [0.4, 0.5) is 0 Å². The van der Waals surface area contributed by atoms with Crippen molar-refractivity contribution in [1.82, 2.24) is 20.2 Å². The minimum absolute atomic E-state index is 0. The molecule has 0 aliphatic rings. The lowest BCUT2D eigenvalue weighted by Gasteiger charge is -2.17. The van der Waals surface area contributed by atoms with E-state index in [2.05, 4.69) is 40.1 Å². The molecule has 0 unspecified atom stereocenters. The lowest BCUT2D eigenvalue weighted by atomic mass is 10.2. The number of aromatic nitrogens is 2. The Labute approximate surface area is 163 Å². The molecule has 0 fully saturated rings. The Hall–Kier alpha value is -1.40. The normalized spacial score (nSPS) is 10.0. The second-order valence-corrected chi connectivity index (χ2v) is 5.34. The number of rotatable bonds is 10. The van der Waals surface area contributed by atoms with Gasteiger partial charge >= 0.3 is 6.01 Å². The number of benzene rings is 1. The van der Waals surface area contributed by atoms with Gasteiger partial charge in [-0.15, -0.1) is 24.8 Å². The van der Waals surface area contributed by atoms with Crippen molar-refractivity contribution in [2.45, 2.75) is 26.8 Å². The van der Waals surface area contributed by atoms with Crippen LogP contribution in [-0.4, -0.2) is 41.0 Å². The number of hydrogen-bond acceptors (Lipinski definition) is 5. The highest BCUT2D eigenvalue weighted by molar-refractivity contribution is 5.85. The Morgan fingerprint density at radius 3 is 2.44 bits per heavy atom. The summed E-state index contributed by atoms with van der Waals surface area (Å²) in [7, 11) is 0. The molecule has 0 amide bonds. The molecule has 2 aromatic rings. The summed E-state index contributed by atoms with van der Waals surface area (Å²) in [5.41, 5.74) is 1.20. The van der Waals surface area contributed by atoms with Gasteiger partial charge in [0.25, 0.3) is 0 Å². The quantitative estimate of drug-likeness (QED) is 0.626.